The van der Waals surface area contributed by atoms with Crippen LogP contribution >= 0.6 is 0 Å². The number of hydrogen-bond acceptors (Lipinski definition) is 3. The number of nitrogens with one attached hydrogen (secondary N) is 1. The highest BCUT2D eigenvalue weighted by molar-refractivity contribution is 4.82. The van der Waals surface area contributed by atoms with Crippen molar-refractivity contribution in [3.63, 3.8) is 0 Å². The minimum atomic E-state index is 0.761. The molecule has 3 nitrogen and oxygen atoms in total. The molecule has 1 saturated carbocycles. The van der Waals surface area contributed by atoms with Gasteiger partial charge in [0, 0.05) is 25.7 Å². The first-order chi connectivity index (χ1) is 6.90. The molecule has 0 spiro atoms. The summed E-state index contributed by atoms with van der Waals surface area (Å²) < 4.78 is 0. The quantitative estimate of drug-likeness (QED) is 0.648. The maximum Gasteiger partial charge on any atom is 0.0221 e. The third-order valence-corrected chi connectivity index (χ3v) is 3.43. The van der Waals surface area contributed by atoms with Crippen LogP contribution < -0.4 is 11.1 Å². The molecule has 0 amide bonds. The summed E-state index contributed by atoms with van der Waals surface area (Å²) in [6, 6.07) is 0.761. The zero-order valence-corrected chi connectivity index (χ0v) is 9.04. The van der Waals surface area contributed by atoms with E-state index < -0.39 is 0 Å². The highest BCUT2D eigenvalue weighted by Gasteiger charge is 2.25. The van der Waals surface area contributed by atoms with Crippen molar-refractivity contribution >= 4 is 0 Å². The second-order valence-corrected chi connectivity index (χ2v) is 4.72. The van der Waals surface area contributed by atoms with Gasteiger partial charge in [-0.3, -0.25) is 4.90 Å². The summed E-state index contributed by atoms with van der Waals surface area (Å²) in [7, 11) is 0. The van der Waals surface area contributed by atoms with Gasteiger partial charge < -0.3 is 11.1 Å². The molecule has 3 N–H and O–H groups in total. The molecule has 0 unspecified atom stereocenters. The highest BCUT2D eigenvalue weighted by atomic mass is 15.2. The molecule has 2 fully saturated rings. The summed E-state index contributed by atoms with van der Waals surface area (Å²) in [5, 5.41) is 3.60. The van der Waals surface area contributed by atoms with Crippen molar-refractivity contribution in [3.05, 3.63) is 0 Å². The SMILES string of the molecule is NCCN1CCC[C@H]1CNCC1CC1. The molecule has 1 atom stereocenters. The summed E-state index contributed by atoms with van der Waals surface area (Å²) in [5.74, 6) is 0.999. The molecule has 2 aliphatic rings. The minimum absolute atomic E-state index is 0.761. The molecule has 2 rings (SSSR count). The van der Waals surface area contributed by atoms with E-state index >= 15 is 0 Å². The second kappa shape index (κ2) is 5.10. The van der Waals surface area contributed by atoms with Crippen LogP contribution in [0.4, 0.5) is 0 Å². The molecule has 3 heteroatoms. The Balaban J connectivity index is 1.61. The zero-order valence-electron chi connectivity index (χ0n) is 9.04. The van der Waals surface area contributed by atoms with Crippen LogP contribution in [0.5, 0.6) is 0 Å². The van der Waals surface area contributed by atoms with Crippen molar-refractivity contribution in [1.82, 2.24) is 10.2 Å². The van der Waals surface area contributed by atoms with Gasteiger partial charge in [-0.1, -0.05) is 0 Å². The van der Waals surface area contributed by atoms with Crippen molar-refractivity contribution in [3.8, 4) is 0 Å². The Morgan fingerprint density at radius 3 is 2.79 bits per heavy atom. The van der Waals surface area contributed by atoms with Crippen LogP contribution in [0.15, 0.2) is 0 Å². The average Bonchev–Trinajstić information content (AvgIpc) is 2.89. The number of nitrogens with two attached hydrogens (primary N) is 1. The van der Waals surface area contributed by atoms with E-state index in [1.165, 1.54) is 45.3 Å². The summed E-state index contributed by atoms with van der Waals surface area (Å²) in [6.07, 6.45) is 5.61. The van der Waals surface area contributed by atoms with Crippen LogP contribution in [-0.4, -0.2) is 43.7 Å². The second-order valence-electron chi connectivity index (χ2n) is 4.72. The predicted molar refractivity (Wildman–Crippen MR) is 59.2 cm³/mol. The summed E-state index contributed by atoms with van der Waals surface area (Å²) in [4.78, 5) is 2.54. The normalized spacial score (nSPS) is 28.5. The number of likely N-dealkylation sites (tertiary alicyclic amines) is 1. The topological polar surface area (TPSA) is 41.3 Å². The lowest BCUT2D eigenvalue weighted by Crippen LogP contribution is -2.40. The van der Waals surface area contributed by atoms with E-state index in [4.69, 9.17) is 5.73 Å². The number of hydrogen-bond donors (Lipinski definition) is 2. The van der Waals surface area contributed by atoms with Gasteiger partial charge in [0.05, 0.1) is 0 Å². The third kappa shape index (κ3) is 2.94. The minimum Gasteiger partial charge on any atom is -0.329 e. The lowest BCUT2D eigenvalue weighted by atomic mass is 10.2. The average molecular weight is 197 g/mol. The van der Waals surface area contributed by atoms with E-state index in [0.29, 0.717) is 0 Å². The van der Waals surface area contributed by atoms with Crippen LogP contribution in [0.1, 0.15) is 25.7 Å². The highest BCUT2D eigenvalue weighted by Crippen LogP contribution is 2.27. The van der Waals surface area contributed by atoms with Gasteiger partial charge in [0.25, 0.3) is 0 Å². The van der Waals surface area contributed by atoms with Crippen LogP contribution in [0.3, 0.4) is 0 Å². The predicted octanol–water partition coefficient (Wildman–Crippen LogP) is 0.409. The molecule has 14 heavy (non-hydrogen) atoms. The van der Waals surface area contributed by atoms with Gasteiger partial charge in [0.2, 0.25) is 0 Å². The lowest BCUT2D eigenvalue weighted by molar-refractivity contribution is 0.253. The van der Waals surface area contributed by atoms with E-state index in [1.54, 1.807) is 0 Å². The van der Waals surface area contributed by atoms with Crippen LogP contribution in [0, 0.1) is 5.92 Å². The smallest absolute Gasteiger partial charge is 0.0221 e. The molecule has 0 aromatic rings. The first kappa shape index (κ1) is 10.4. The standard InChI is InChI=1S/C11H23N3/c12-5-7-14-6-1-2-11(14)9-13-8-10-3-4-10/h10-11,13H,1-9,12H2/t11-/m0/s1. The third-order valence-electron chi connectivity index (χ3n) is 3.43. The molecule has 82 valence electrons. The van der Waals surface area contributed by atoms with E-state index in [-0.39, 0.29) is 0 Å². The van der Waals surface area contributed by atoms with Crippen LogP contribution in [0.2, 0.25) is 0 Å². The fourth-order valence-electron chi connectivity index (χ4n) is 2.36. The molecule has 0 aromatic carbocycles. The van der Waals surface area contributed by atoms with Crippen LogP contribution in [-0.2, 0) is 0 Å². The fourth-order valence-corrected chi connectivity index (χ4v) is 2.36. The van der Waals surface area contributed by atoms with Crippen molar-refractivity contribution in [2.24, 2.45) is 11.7 Å². The van der Waals surface area contributed by atoms with Gasteiger partial charge >= 0.3 is 0 Å². The van der Waals surface area contributed by atoms with Crippen molar-refractivity contribution in [2.75, 3.05) is 32.7 Å². The monoisotopic (exact) mass is 197 g/mol. The molecular weight excluding hydrogens is 174 g/mol. The van der Waals surface area contributed by atoms with Gasteiger partial charge in [0.1, 0.15) is 0 Å². The van der Waals surface area contributed by atoms with Gasteiger partial charge in [-0.15, -0.1) is 0 Å². The van der Waals surface area contributed by atoms with E-state index in [2.05, 4.69) is 10.2 Å². The maximum atomic E-state index is 5.60. The molecule has 1 saturated heterocycles. The summed E-state index contributed by atoms with van der Waals surface area (Å²) in [5.41, 5.74) is 5.60. The Morgan fingerprint density at radius 1 is 1.21 bits per heavy atom. The molecule has 1 aliphatic carbocycles. The van der Waals surface area contributed by atoms with Gasteiger partial charge in [-0.25, -0.2) is 0 Å². The van der Waals surface area contributed by atoms with Crippen molar-refractivity contribution in [1.29, 1.82) is 0 Å². The summed E-state index contributed by atoms with van der Waals surface area (Å²) in [6.45, 7) is 5.56. The fraction of sp³-hybridized carbons (Fsp3) is 1.00. The molecule has 1 aliphatic heterocycles. The Labute approximate surface area is 87.0 Å². The first-order valence-electron chi connectivity index (χ1n) is 6.05. The molecule has 0 radical (unpaired) electrons. The zero-order chi connectivity index (χ0) is 9.80. The Hall–Kier alpha value is -0.120. The first-order valence-corrected chi connectivity index (χ1v) is 6.05. The molecule has 0 aromatic heterocycles. The maximum absolute atomic E-state index is 5.60. The molecule has 1 heterocycles. The Morgan fingerprint density at radius 2 is 2.07 bits per heavy atom. The van der Waals surface area contributed by atoms with Crippen molar-refractivity contribution in [2.45, 2.75) is 31.7 Å². The van der Waals surface area contributed by atoms with Gasteiger partial charge in [-0.2, -0.15) is 0 Å². The Kier molecular flexibility index (Phi) is 3.79. The largest absolute Gasteiger partial charge is 0.329 e. The van der Waals surface area contributed by atoms with E-state index in [0.717, 1.165) is 25.0 Å². The van der Waals surface area contributed by atoms with Gasteiger partial charge in [-0.05, 0) is 44.7 Å². The van der Waals surface area contributed by atoms with E-state index in [9.17, 15) is 0 Å². The van der Waals surface area contributed by atoms with E-state index in [1.807, 2.05) is 0 Å². The number of nitrogens with zero attached hydrogens (tertiary/aromatic N) is 1. The molecule has 0 bridgehead atoms. The van der Waals surface area contributed by atoms with Gasteiger partial charge in [0.15, 0.2) is 0 Å². The van der Waals surface area contributed by atoms with Crippen LogP contribution in [0.25, 0.3) is 0 Å². The molecular formula is C11H23N3. The Bertz CT molecular complexity index is 168. The lowest BCUT2D eigenvalue weighted by Gasteiger charge is -2.23. The van der Waals surface area contributed by atoms with Crippen molar-refractivity contribution < 1.29 is 0 Å². The number of rotatable bonds is 6. The summed E-state index contributed by atoms with van der Waals surface area (Å²) >= 11 is 0.